The number of rotatable bonds is 6. The van der Waals surface area contributed by atoms with Crippen LogP contribution in [0.4, 0.5) is 4.79 Å². The Balaban J connectivity index is 0.000000878. The molecule has 8 heteroatoms. The van der Waals surface area contributed by atoms with Crippen LogP contribution in [-0.2, 0) is 11.2 Å². The van der Waals surface area contributed by atoms with Gasteiger partial charge in [-0.05, 0) is 17.5 Å². The number of benzene rings is 1. The minimum absolute atomic E-state index is 0.0305. The van der Waals surface area contributed by atoms with Gasteiger partial charge in [0.15, 0.2) is 0 Å². The summed E-state index contributed by atoms with van der Waals surface area (Å²) in [6.45, 7) is 4.68. The average molecular weight is 385 g/mol. The molecule has 3 rings (SSSR count). The first kappa shape index (κ1) is 21.2. The summed E-state index contributed by atoms with van der Waals surface area (Å²) in [7, 11) is 0. The van der Waals surface area contributed by atoms with Crippen molar-refractivity contribution in [2.45, 2.75) is 6.42 Å². The first-order chi connectivity index (χ1) is 13.7. The summed E-state index contributed by atoms with van der Waals surface area (Å²) in [6, 6.07) is 10.3. The van der Waals surface area contributed by atoms with Crippen LogP contribution in [0.3, 0.4) is 0 Å². The monoisotopic (exact) mass is 385 g/mol. The number of aromatic nitrogens is 2. The summed E-state index contributed by atoms with van der Waals surface area (Å²) < 4.78 is 0. The van der Waals surface area contributed by atoms with E-state index < -0.39 is 0 Å². The molecule has 3 N–H and O–H groups in total. The maximum absolute atomic E-state index is 12.2. The minimum atomic E-state index is -0.250. The van der Waals surface area contributed by atoms with Gasteiger partial charge in [-0.2, -0.15) is 5.10 Å². The second kappa shape index (κ2) is 12.3. The molecule has 28 heavy (non-hydrogen) atoms. The fraction of sp³-hybridized carbons (Fsp3) is 0.350. The van der Waals surface area contributed by atoms with Crippen molar-refractivity contribution < 1.29 is 14.7 Å². The van der Waals surface area contributed by atoms with Crippen molar-refractivity contribution >= 4 is 18.6 Å². The molecule has 150 valence electrons. The maximum atomic E-state index is 12.2. The van der Waals surface area contributed by atoms with E-state index in [0.717, 1.165) is 44.7 Å². The van der Waals surface area contributed by atoms with Gasteiger partial charge in [-0.25, -0.2) is 4.79 Å². The third-order valence-corrected chi connectivity index (χ3v) is 4.38. The Bertz CT molecular complexity index is 711. The van der Waals surface area contributed by atoms with Crippen molar-refractivity contribution in [3.8, 4) is 0 Å². The molecule has 1 aromatic heterocycles. The summed E-state index contributed by atoms with van der Waals surface area (Å²) in [5.74, 6) is 0. The Kier molecular flexibility index (Phi) is 9.30. The smallest absolute Gasteiger partial charge is 0.317 e. The van der Waals surface area contributed by atoms with Crippen LogP contribution in [0.15, 0.2) is 48.8 Å². The zero-order valence-corrected chi connectivity index (χ0v) is 15.8. The first-order valence-corrected chi connectivity index (χ1v) is 9.25. The SMILES string of the molecule is O=C(NCCc1cn[nH]c1)N1CCN(C/C=C/c2ccccc2)CC1.O=CO. The van der Waals surface area contributed by atoms with Gasteiger partial charge in [0.1, 0.15) is 0 Å². The van der Waals surface area contributed by atoms with E-state index in [9.17, 15) is 4.79 Å². The predicted octanol–water partition coefficient (Wildman–Crippen LogP) is 1.69. The van der Waals surface area contributed by atoms with Gasteiger partial charge in [-0.3, -0.25) is 14.8 Å². The number of nitrogens with zero attached hydrogens (tertiary/aromatic N) is 3. The molecule has 2 heterocycles. The van der Waals surface area contributed by atoms with Crippen molar-refractivity contribution in [3.05, 3.63) is 59.9 Å². The molecule has 1 fully saturated rings. The second-order valence-corrected chi connectivity index (χ2v) is 6.29. The molecule has 0 radical (unpaired) electrons. The number of carbonyl (C=O) groups is 2. The Morgan fingerprint density at radius 1 is 1.21 bits per heavy atom. The number of piperazine rings is 1. The topological polar surface area (TPSA) is 102 Å². The molecule has 0 saturated carbocycles. The molecule has 0 unspecified atom stereocenters. The van der Waals surface area contributed by atoms with E-state index in [2.05, 4.69) is 44.7 Å². The highest BCUT2D eigenvalue weighted by Gasteiger charge is 2.19. The van der Waals surface area contributed by atoms with E-state index in [1.807, 2.05) is 29.3 Å². The van der Waals surface area contributed by atoms with E-state index in [1.54, 1.807) is 6.20 Å². The number of amides is 2. The lowest BCUT2D eigenvalue weighted by Gasteiger charge is -2.34. The maximum Gasteiger partial charge on any atom is 0.317 e. The zero-order valence-electron chi connectivity index (χ0n) is 15.8. The number of hydrogen-bond donors (Lipinski definition) is 3. The van der Waals surface area contributed by atoms with Crippen LogP contribution in [0.25, 0.3) is 6.08 Å². The fourth-order valence-corrected chi connectivity index (χ4v) is 2.88. The molecule has 2 aromatic rings. The molecule has 1 aromatic carbocycles. The number of nitrogens with one attached hydrogen (secondary N) is 2. The van der Waals surface area contributed by atoms with Gasteiger partial charge in [0.25, 0.3) is 6.47 Å². The third-order valence-electron chi connectivity index (χ3n) is 4.38. The summed E-state index contributed by atoms with van der Waals surface area (Å²) in [5.41, 5.74) is 2.33. The predicted molar refractivity (Wildman–Crippen MR) is 108 cm³/mol. The van der Waals surface area contributed by atoms with Gasteiger partial charge >= 0.3 is 6.03 Å². The molecule has 1 aliphatic rings. The Labute approximate surface area is 164 Å². The van der Waals surface area contributed by atoms with E-state index in [4.69, 9.17) is 9.90 Å². The van der Waals surface area contributed by atoms with Crippen LogP contribution in [0, 0.1) is 0 Å². The van der Waals surface area contributed by atoms with Crippen molar-refractivity contribution in [3.63, 3.8) is 0 Å². The Hall–Kier alpha value is -3.13. The van der Waals surface area contributed by atoms with Crippen molar-refractivity contribution in [1.29, 1.82) is 0 Å². The molecule has 1 aliphatic heterocycles. The molecule has 8 nitrogen and oxygen atoms in total. The van der Waals surface area contributed by atoms with E-state index in [-0.39, 0.29) is 12.5 Å². The van der Waals surface area contributed by atoms with Crippen molar-refractivity contribution in [2.75, 3.05) is 39.3 Å². The van der Waals surface area contributed by atoms with Gasteiger partial charge < -0.3 is 15.3 Å². The zero-order chi connectivity index (χ0) is 20.0. The van der Waals surface area contributed by atoms with Crippen LogP contribution in [-0.4, -0.2) is 76.9 Å². The van der Waals surface area contributed by atoms with E-state index >= 15 is 0 Å². The molecule has 0 spiro atoms. The normalized spacial score (nSPS) is 14.4. The lowest BCUT2D eigenvalue weighted by atomic mass is 10.2. The lowest BCUT2D eigenvalue weighted by molar-refractivity contribution is -0.122. The van der Waals surface area contributed by atoms with Crippen molar-refractivity contribution in [1.82, 2.24) is 25.3 Å². The van der Waals surface area contributed by atoms with Crippen LogP contribution >= 0.6 is 0 Å². The van der Waals surface area contributed by atoms with Gasteiger partial charge in [0.2, 0.25) is 0 Å². The molecular weight excluding hydrogens is 358 g/mol. The van der Waals surface area contributed by atoms with Crippen LogP contribution in [0.5, 0.6) is 0 Å². The quantitative estimate of drug-likeness (QED) is 0.657. The van der Waals surface area contributed by atoms with Gasteiger partial charge in [0, 0.05) is 45.5 Å². The lowest BCUT2D eigenvalue weighted by Crippen LogP contribution is -2.51. The third kappa shape index (κ3) is 7.63. The largest absolute Gasteiger partial charge is 0.483 e. The van der Waals surface area contributed by atoms with Gasteiger partial charge in [-0.15, -0.1) is 0 Å². The Morgan fingerprint density at radius 3 is 2.57 bits per heavy atom. The summed E-state index contributed by atoms with van der Waals surface area (Å²) >= 11 is 0. The highest BCUT2D eigenvalue weighted by molar-refractivity contribution is 5.74. The summed E-state index contributed by atoms with van der Waals surface area (Å²) in [5, 5.41) is 16.6. The summed E-state index contributed by atoms with van der Waals surface area (Å²) in [6.07, 6.45) is 8.78. The van der Waals surface area contributed by atoms with Gasteiger partial charge in [-0.1, -0.05) is 42.5 Å². The number of carboxylic acid groups (broad SMARTS) is 1. The standard InChI is InChI=1S/C19H25N5O.CH2O2/c25-19(20-9-8-18-15-21-22-16-18)24-13-11-23(12-14-24)10-4-7-17-5-2-1-3-6-17;2-1-3/h1-7,15-16H,8-14H2,(H,20,25)(H,21,22);1H,(H,2,3)/b7-4+;. The molecule has 0 atom stereocenters. The average Bonchev–Trinajstić information content (AvgIpc) is 3.23. The van der Waals surface area contributed by atoms with E-state index in [0.29, 0.717) is 6.54 Å². The van der Waals surface area contributed by atoms with Crippen LogP contribution in [0.2, 0.25) is 0 Å². The number of urea groups is 1. The summed E-state index contributed by atoms with van der Waals surface area (Å²) in [4.78, 5) is 24.8. The highest BCUT2D eigenvalue weighted by Crippen LogP contribution is 2.05. The minimum Gasteiger partial charge on any atom is -0.483 e. The van der Waals surface area contributed by atoms with Crippen LogP contribution < -0.4 is 5.32 Å². The Morgan fingerprint density at radius 2 is 1.93 bits per heavy atom. The van der Waals surface area contributed by atoms with Gasteiger partial charge in [0.05, 0.1) is 6.20 Å². The number of carbonyl (C=O) groups excluding carboxylic acids is 1. The molecule has 2 amide bonds. The molecule has 0 aliphatic carbocycles. The number of aromatic amines is 1. The molecule has 1 saturated heterocycles. The number of hydrogen-bond acceptors (Lipinski definition) is 4. The highest BCUT2D eigenvalue weighted by atomic mass is 16.3. The second-order valence-electron chi connectivity index (χ2n) is 6.29. The fourth-order valence-electron chi connectivity index (χ4n) is 2.88. The van der Waals surface area contributed by atoms with E-state index in [1.165, 1.54) is 5.56 Å². The van der Waals surface area contributed by atoms with Crippen LogP contribution in [0.1, 0.15) is 11.1 Å². The molecule has 0 bridgehead atoms. The first-order valence-electron chi connectivity index (χ1n) is 9.25. The van der Waals surface area contributed by atoms with Crippen molar-refractivity contribution in [2.24, 2.45) is 0 Å². The number of H-pyrrole nitrogens is 1. The molecular formula is C20H27N5O3.